The molecule has 0 aliphatic heterocycles. The maximum Gasteiger partial charge on any atom is 0.162 e. The Morgan fingerprint density at radius 2 is 0.460 bits per heavy atom. The van der Waals surface area contributed by atoms with Crippen molar-refractivity contribution in [3.8, 4) is 0 Å². The second-order valence-corrected chi connectivity index (χ2v) is 62.2. The van der Waals surface area contributed by atoms with Crippen molar-refractivity contribution in [2.45, 2.75) is 487 Å². The smallest absolute Gasteiger partial charge is 0.162 e. The molecule has 24 aliphatic rings. The van der Waals surface area contributed by atoms with Crippen molar-refractivity contribution in [3.05, 3.63) is 136 Å². The van der Waals surface area contributed by atoms with Crippen molar-refractivity contribution < 1.29 is 19.8 Å². The summed E-state index contributed by atoms with van der Waals surface area (Å²) in [5.74, 6) is 25.4. The summed E-state index contributed by atoms with van der Waals surface area (Å²) in [6, 6.07) is 0. The fourth-order valence-corrected chi connectivity index (χ4v) is 48.5. The molecular formula is C140H210N6O4. The van der Waals surface area contributed by atoms with Gasteiger partial charge in [-0.15, -0.1) is 0 Å². The molecule has 24 saturated carbocycles. The third-order valence-corrected chi connectivity index (χ3v) is 55.9. The van der Waals surface area contributed by atoms with E-state index in [0.717, 1.165) is 203 Å². The van der Waals surface area contributed by atoms with Crippen LogP contribution in [-0.2, 0) is 9.59 Å². The lowest BCUT2D eigenvalue weighted by atomic mass is 9.42. The monoisotopic (exact) mass is 2040 g/mol. The summed E-state index contributed by atoms with van der Waals surface area (Å²) in [7, 11) is 0. The third-order valence-electron chi connectivity index (χ3n) is 55.9. The number of nitrogens with zero attached hydrogens (tertiary/aromatic N) is 6. The molecule has 0 spiro atoms. The van der Waals surface area contributed by atoms with Gasteiger partial charge in [0.15, 0.2) is 34.2 Å². The van der Waals surface area contributed by atoms with E-state index in [1.165, 1.54) is 303 Å². The molecule has 24 rings (SSSR count). The second-order valence-electron chi connectivity index (χ2n) is 62.2. The van der Waals surface area contributed by atoms with E-state index in [2.05, 4.69) is 168 Å². The standard InChI is InChI=1S/2C24H37NO.2C23H33NO.2C23H35N/c2*1-15-10-11-23(3)18(12-15)6-7-19-21-9-8-20(16(2)25-5)24(21,4)13-17(14-26)22(19)23;2*1-14-10-11-22(3)16(12-14)6-7-17-19-9-8-18(15(2)24-5)23(19,4)13-20(25)21(17)22;2*1-15-10-12-22(3)17(14-15)6-7-18-20-9-8-19(16(2)24-5)23(20,4)13-11-21(18)22/h2*15,17-19,21-22,26H,6-14H2,1-4H3;2*14,16-17,19,21H,6-13H2,1-4H3;2*15,17-18,20-21H,6-14H2,1-4H3/b2*20-16-;2*18-15-;2*19-16-/t15-,17+,18+,19-,21-,22-,23-,24+;15-,17+,18-,19-,21-,22-,23-,24+;14-,16+,17-,19-,21+,22-,23+;14-,16-,17-,19-,21+,22-,23+;15-,17+,18-,20-,21-,22-,23+;15-,17-,18-,20-,21-,22-,23+/m000000/s1. The quantitative estimate of drug-likeness (QED) is 0.269. The second kappa shape index (κ2) is 42.4. The number of carbonyl (C=O) groups is 2. The van der Waals surface area contributed by atoms with Crippen molar-refractivity contribution in [1.29, 1.82) is 0 Å². The Bertz CT molecular complexity index is 5220. The lowest BCUT2D eigenvalue weighted by molar-refractivity contribution is -0.155. The van der Waals surface area contributed by atoms with Crippen LogP contribution in [0, 0.1) is 294 Å². The fourth-order valence-electron chi connectivity index (χ4n) is 48.5. The van der Waals surface area contributed by atoms with Crippen molar-refractivity contribution in [2.75, 3.05) is 13.2 Å². The molecule has 0 bridgehead atoms. The molecule has 10 heteroatoms. The van der Waals surface area contributed by atoms with Gasteiger partial charge in [-0.3, -0.25) is 9.59 Å². The maximum atomic E-state index is 13.5. The van der Waals surface area contributed by atoms with E-state index in [1.807, 2.05) is 27.7 Å². The van der Waals surface area contributed by atoms with Crippen molar-refractivity contribution >= 4 is 11.6 Å². The van der Waals surface area contributed by atoms with Gasteiger partial charge in [-0.25, -0.2) is 29.1 Å². The van der Waals surface area contributed by atoms with Gasteiger partial charge < -0.3 is 10.2 Å². The Hall–Kier alpha value is -5.36. The van der Waals surface area contributed by atoms with Crippen molar-refractivity contribution in [1.82, 2.24) is 0 Å². The topological polar surface area (TPSA) is 101 Å². The number of hydrogen-bond donors (Lipinski definition) is 2. The first-order valence-electron chi connectivity index (χ1n) is 63.8. The molecule has 0 saturated heterocycles. The Morgan fingerprint density at radius 1 is 0.247 bits per heavy atom. The Labute approximate surface area is 916 Å². The van der Waals surface area contributed by atoms with E-state index in [4.69, 9.17) is 39.4 Å². The molecule has 10 nitrogen and oxygen atoms in total. The first kappa shape index (κ1) is 113. The number of aliphatic hydroxyl groups is 2. The summed E-state index contributed by atoms with van der Waals surface area (Å²) in [5, 5.41) is 20.9. The Kier molecular flexibility index (Phi) is 31.9. The molecule has 0 heterocycles. The Morgan fingerprint density at radius 3 is 0.727 bits per heavy atom. The van der Waals surface area contributed by atoms with Crippen LogP contribution in [0.5, 0.6) is 0 Å². The van der Waals surface area contributed by atoms with Crippen LogP contribution in [0.25, 0.3) is 29.1 Å². The van der Waals surface area contributed by atoms with Gasteiger partial charge >= 0.3 is 0 Å². The summed E-state index contributed by atoms with van der Waals surface area (Å²) in [6.45, 7) is 102. The molecule has 0 aromatic carbocycles. The van der Waals surface area contributed by atoms with E-state index in [-0.39, 0.29) is 32.5 Å². The first-order chi connectivity index (χ1) is 71.1. The molecule has 24 fully saturated rings. The number of ketones is 2. The zero-order valence-electron chi connectivity index (χ0n) is 99.6. The van der Waals surface area contributed by atoms with E-state index in [1.54, 1.807) is 0 Å². The van der Waals surface area contributed by atoms with Crippen molar-refractivity contribution in [3.63, 3.8) is 0 Å². The van der Waals surface area contributed by atoms with Gasteiger partial charge in [0.1, 0.15) is 11.6 Å². The van der Waals surface area contributed by atoms with Crippen LogP contribution in [0.4, 0.5) is 0 Å². The largest absolute Gasteiger partial charge is 0.396 e. The molecule has 2 N–H and O–H groups in total. The Balaban J connectivity index is 0.000000113. The molecule has 24 aliphatic carbocycles. The SMILES string of the molecule is [C-]#[N+]/C(C)=C1/CC[C@H]2[C@@H]3CC[C@@H]4C[C@@H](C)CC[C@]4(C)[C@H]3C(=O)C[C@]12C.[C-]#[N+]/C(C)=C1/CC[C@H]2[C@@H]3CC[C@@H]4C[C@@H](C)CC[C@]4(C)[C@H]3CC[C@]12C.[C-]#[N+]/C(C)=C1/CC[C@H]2[C@@H]3CC[C@@H]4C[C@@H](C)CC[C@]4(C)[C@H]3[C@@H](CO)C[C@]12C.[C-]#[N+]/C(C)=C1/CC[C@H]2[C@@H]3CC[C@H]4C[C@@H](C)CC[C@]4(C)[C@H]3C(=O)C[C@]12C.[C-]#[N+]/C(C)=C1/CC[C@H]2[C@@H]3CC[C@H]4C[C@@H](C)CC[C@]4(C)[C@H]3CC[C@]12C.[C-]#[N+]/C(C)=C1/CC[C@H]2[C@@H]3CC[C@H]4C[C@@H](C)CC[C@]4(C)[C@H]3[C@@H](CO)C[C@]12C. The maximum absolute atomic E-state index is 13.5. The molecule has 0 aromatic heterocycles. The molecule has 0 radical (unpaired) electrons. The predicted octanol–water partition coefficient (Wildman–Crippen LogP) is 37.9. The van der Waals surface area contributed by atoms with Crippen molar-refractivity contribution in [2.24, 2.45) is 254 Å². The number of rotatable bonds is 2. The minimum Gasteiger partial charge on any atom is -0.396 e. The highest BCUT2D eigenvalue weighted by molar-refractivity contribution is 5.86. The highest BCUT2D eigenvalue weighted by Gasteiger charge is 2.70. The van der Waals surface area contributed by atoms with Crippen LogP contribution < -0.4 is 0 Å². The predicted molar refractivity (Wildman–Crippen MR) is 614 cm³/mol. The number of Topliss-reactive ketones (excluding diaryl/α,β-unsaturated/α-hetero) is 2. The van der Waals surface area contributed by atoms with E-state index in [0.29, 0.717) is 129 Å². The lowest BCUT2D eigenvalue weighted by Crippen LogP contribution is -2.57. The zero-order valence-corrected chi connectivity index (χ0v) is 99.6. The van der Waals surface area contributed by atoms with E-state index >= 15 is 0 Å². The number of carbonyl (C=O) groups excluding carboxylic acids is 2. The van der Waals surface area contributed by atoms with Gasteiger partial charge in [-0.05, 0) is 554 Å². The number of hydrogen-bond acceptors (Lipinski definition) is 4. The summed E-state index contributed by atoms with van der Waals surface area (Å²) in [6.07, 6.45) is 65.0. The van der Waals surface area contributed by atoms with Crippen LogP contribution >= 0.6 is 0 Å². The molecule has 44 atom stereocenters. The van der Waals surface area contributed by atoms with Gasteiger partial charge in [0.05, 0.1) is 39.4 Å². The van der Waals surface area contributed by atoms with Gasteiger partial charge in [0.25, 0.3) is 0 Å². The zero-order chi connectivity index (χ0) is 108. The number of allylic oxidation sites excluding steroid dienone is 12. The number of aliphatic hydroxyl groups excluding tert-OH is 2. The van der Waals surface area contributed by atoms with Crippen LogP contribution in [0.2, 0.25) is 0 Å². The summed E-state index contributed by atoms with van der Waals surface area (Å²) in [5.41, 5.74) is 17.8. The highest BCUT2D eigenvalue weighted by atomic mass is 16.3. The number of fused-ring (bicyclic) bond motifs is 30. The minimum absolute atomic E-state index is 0.0297. The van der Waals surface area contributed by atoms with E-state index < -0.39 is 0 Å². The average molecular weight is 2040 g/mol. The molecule has 0 aromatic rings. The fraction of sp³-hybridized carbons (Fsp3) is 0.857. The summed E-state index contributed by atoms with van der Waals surface area (Å²) in [4.78, 5) is 49.7. The van der Waals surface area contributed by atoms with E-state index in [9.17, 15) is 19.8 Å². The normalized spacial score (nSPS) is 52.1. The highest BCUT2D eigenvalue weighted by Crippen LogP contribution is 2.78. The first-order valence-corrected chi connectivity index (χ1v) is 63.8. The molecule has 824 valence electrons. The van der Waals surface area contributed by atoms with Crippen LogP contribution in [0.1, 0.15) is 487 Å². The third kappa shape index (κ3) is 18.4. The van der Waals surface area contributed by atoms with Gasteiger partial charge in [-0.1, -0.05) is 197 Å². The lowest BCUT2D eigenvalue weighted by Gasteiger charge is -2.63. The van der Waals surface area contributed by atoms with Gasteiger partial charge in [0.2, 0.25) is 0 Å². The molecule has 0 unspecified atom stereocenters. The molecular weight excluding hydrogens is 1830 g/mol. The molecule has 150 heavy (non-hydrogen) atoms. The minimum atomic E-state index is -0.0297. The van der Waals surface area contributed by atoms with Gasteiger partial charge in [-0.2, -0.15) is 0 Å². The van der Waals surface area contributed by atoms with Crippen LogP contribution in [-0.4, -0.2) is 35.0 Å². The van der Waals surface area contributed by atoms with Crippen LogP contribution in [0.15, 0.2) is 67.6 Å². The molecule has 0 amide bonds. The van der Waals surface area contributed by atoms with Crippen LogP contribution in [0.3, 0.4) is 0 Å². The summed E-state index contributed by atoms with van der Waals surface area (Å²) >= 11 is 0. The summed E-state index contributed by atoms with van der Waals surface area (Å²) < 4.78 is 0. The van der Waals surface area contributed by atoms with Gasteiger partial charge in [0, 0.05) is 37.9 Å². The average Bonchev–Trinajstić information content (AvgIpc) is 1.50.